The number of nitrogens with one attached hydrogen (secondary N) is 1. The van der Waals surface area contributed by atoms with Crippen molar-refractivity contribution in [2.45, 2.75) is 18.6 Å². The molecule has 2 rings (SSSR count). The average molecular weight is 323 g/mol. The first-order valence-electron chi connectivity index (χ1n) is 7.59. The Morgan fingerprint density at radius 3 is 2.87 bits per heavy atom. The van der Waals surface area contributed by atoms with Crippen LogP contribution in [0.2, 0.25) is 0 Å². The second-order valence-electron chi connectivity index (χ2n) is 5.77. The Hall–Kier alpha value is -1.93. The van der Waals surface area contributed by atoms with Gasteiger partial charge in [-0.1, -0.05) is 0 Å². The van der Waals surface area contributed by atoms with Gasteiger partial charge in [-0.15, -0.1) is 0 Å². The molecule has 1 N–H and O–H groups in total. The Balaban J connectivity index is 2.10. The molecule has 0 radical (unpaired) electrons. The van der Waals surface area contributed by atoms with Gasteiger partial charge < -0.3 is 24.6 Å². The summed E-state index contributed by atoms with van der Waals surface area (Å²) in [5.74, 6) is 1.57. The van der Waals surface area contributed by atoms with Crippen LogP contribution in [0.15, 0.2) is 12.4 Å². The van der Waals surface area contributed by atoms with Crippen LogP contribution in [0, 0.1) is 0 Å². The molecule has 1 amide bonds. The van der Waals surface area contributed by atoms with Crippen molar-refractivity contribution in [1.29, 1.82) is 0 Å². The van der Waals surface area contributed by atoms with Gasteiger partial charge in [-0.25, -0.2) is 9.97 Å². The molecule has 0 unspecified atom stereocenters. The topological polar surface area (TPSA) is 79.8 Å². The predicted octanol–water partition coefficient (Wildman–Crippen LogP) is -0.101. The Bertz CT molecular complexity index is 526. The zero-order chi connectivity index (χ0) is 16.8. The van der Waals surface area contributed by atoms with Crippen molar-refractivity contribution < 1.29 is 14.3 Å². The molecule has 0 spiro atoms. The van der Waals surface area contributed by atoms with Crippen molar-refractivity contribution in [2.24, 2.45) is 0 Å². The largest absolute Gasteiger partial charge is 0.380 e. The second-order valence-corrected chi connectivity index (χ2v) is 5.77. The van der Waals surface area contributed by atoms with E-state index < -0.39 is 0 Å². The molecule has 1 aliphatic heterocycles. The highest BCUT2D eigenvalue weighted by atomic mass is 16.5. The summed E-state index contributed by atoms with van der Waals surface area (Å²) in [6.07, 6.45) is 2.52. The SMILES string of the molecule is COCC(=O)NC[C@H]1C[C@@H](OC)CN1c1cc(N(C)C)ncn1. The van der Waals surface area contributed by atoms with Crippen LogP contribution in [-0.4, -0.2) is 76.0 Å². The van der Waals surface area contributed by atoms with Crippen molar-refractivity contribution in [2.75, 3.05) is 57.8 Å². The molecule has 8 heteroatoms. The number of amides is 1. The van der Waals surface area contributed by atoms with Crippen molar-refractivity contribution in [3.63, 3.8) is 0 Å². The Kier molecular flexibility index (Phi) is 6.12. The lowest BCUT2D eigenvalue weighted by molar-refractivity contribution is -0.124. The summed E-state index contributed by atoms with van der Waals surface area (Å²) in [7, 11) is 7.10. The lowest BCUT2D eigenvalue weighted by Crippen LogP contribution is -2.41. The minimum Gasteiger partial charge on any atom is -0.380 e. The number of nitrogens with zero attached hydrogens (tertiary/aromatic N) is 4. The predicted molar refractivity (Wildman–Crippen MR) is 87.8 cm³/mol. The molecule has 1 aromatic heterocycles. The van der Waals surface area contributed by atoms with E-state index in [0.717, 1.165) is 24.6 Å². The molecule has 0 saturated carbocycles. The smallest absolute Gasteiger partial charge is 0.246 e. The number of ether oxygens (including phenoxy) is 2. The molecule has 128 valence electrons. The fourth-order valence-electron chi connectivity index (χ4n) is 2.67. The number of hydrogen-bond donors (Lipinski definition) is 1. The van der Waals surface area contributed by atoms with E-state index in [-0.39, 0.29) is 24.7 Å². The number of methoxy groups -OCH3 is 2. The lowest BCUT2D eigenvalue weighted by atomic mass is 10.2. The van der Waals surface area contributed by atoms with Crippen LogP contribution in [-0.2, 0) is 14.3 Å². The van der Waals surface area contributed by atoms with Gasteiger partial charge in [0.05, 0.1) is 12.1 Å². The van der Waals surface area contributed by atoms with Crippen LogP contribution in [0.3, 0.4) is 0 Å². The van der Waals surface area contributed by atoms with E-state index in [1.165, 1.54) is 7.11 Å². The minimum absolute atomic E-state index is 0.0682. The molecule has 23 heavy (non-hydrogen) atoms. The van der Waals surface area contributed by atoms with Gasteiger partial charge in [0.15, 0.2) is 0 Å². The summed E-state index contributed by atoms with van der Waals surface area (Å²) in [6.45, 7) is 1.34. The van der Waals surface area contributed by atoms with Crippen LogP contribution < -0.4 is 15.1 Å². The number of anilines is 2. The molecule has 2 heterocycles. The monoisotopic (exact) mass is 323 g/mol. The van der Waals surface area contributed by atoms with Gasteiger partial charge in [0.1, 0.15) is 24.6 Å². The molecule has 1 aromatic rings. The van der Waals surface area contributed by atoms with Crippen molar-refractivity contribution in [3.8, 4) is 0 Å². The van der Waals surface area contributed by atoms with Crippen molar-refractivity contribution >= 4 is 17.5 Å². The third kappa shape index (κ3) is 4.52. The van der Waals surface area contributed by atoms with Crippen LogP contribution in [0.1, 0.15) is 6.42 Å². The summed E-state index contributed by atoms with van der Waals surface area (Å²) in [4.78, 5) is 24.3. The summed E-state index contributed by atoms with van der Waals surface area (Å²) in [6, 6.07) is 2.08. The number of hydrogen-bond acceptors (Lipinski definition) is 7. The lowest BCUT2D eigenvalue weighted by Gasteiger charge is -2.26. The van der Waals surface area contributed by atoms with Gasteiger partial charge in [0.2, 0.25) is 5.91 Å². The Morgan fingerprint density at radius 2 is 2.22 bits per heavy atom. The molecular formula is C15H25N5O3. The highest BCUT2D eigenvalue weighted by molar-refractivity contribution is 5.77. The first-order chi connectivity index (χ1) is 11.0. The summed E-state index contributed by atoms with van der Waals surface area (Å²) < 4.78 is 10.3. The zero-order valence-electron chi connectivity index (χ0n) is 14.2. The fourth-order valence-corrected chi connectivity index (χ4v) is 2.67. The number of carbonyl (C=O) groups is 1. The quantitative estimate of drug-likeness (QED) is 0.750. The van der Waals surface area contributed by atoms with E-state index in [0.29, 0.717) is 6.54 Å². The van der Waals surface area contributed by atoms with Crippen LogP contribution in [0.4, 0.5) is 11.6 Å². The molecular weight excluding hydrogens is 298 g/mol. The standard InChI is InChI=1S/C15H25N5O3/c1-19(2)13-6-14(18-10-17-13)20-8-12(23-4)5-11(20)7-16-15(21)9-22-3/h6,10-12H,5,7-9H2,1-4H3,(H,16,21)/t11-,12-/m1/s1. The maximum absolute atomic E-state index is 11.6. The maximum Gasteiger partial charge on any atom is 0.246 e. The molecule has 1 fully saturated rings. The van der Waals surface area contributed by atoms with Gasteiger partial charge in [-0.05, 0) is 6.42 Å². The van der Waals surface area contributed by atoms with Gasteiger partial charge in [-0.2, -0.15) is 0 Å². The minimum atomic E-state index is -0.120. The third-order valence-electron chi connectivity index (χ3n) is 3.91. The normalized spacial score (nSPS) is 20.6. The van der Waals surface area contributed by atoms with Crippen LogP contribution in [0.5, 0.6) is 0 Å². The second kappa shape index (κ2) is 8.07. The number of carbonyl (C=O) groups excluding carboxylic acids is 1. The Morgan fingerprint density at radius 1 is 1.43 bits per heavy atom. The molecule has 1 saturated heterocycles. The molecule has 1 aliphatic rings. The van der Waals surface area contributed by atoms with Crippen LogP contribution >= 0.6 is 0 Å². The molecule has 0 aliphatic carbocycles. The van der Waals surface area contributed by atoms with E-state index in [9.17, 15) is 4.79 Å². The van der Waals surface area contributed by atoms with Crippen molar-refractivity contribution in [1.82, 2.24) is 15.3 Å². The number of aromatic nitrogens is 2. The summed E-state index contributed by atoms with van der Waals surface area (Å²) in [5.41, 5.74) is 0. The van der Waals surface area contributed by atoms with Crippen molar-refractivity contribution in [3.05, 3.63) is 12.4 Å². The fraction of sp³-hybridized carbons (Fsp3) is 0.667. The van der Waals surface area contributed by atoms with Gasteiger partial charge >= 0.3 is 0 Å². The van der Waals surface area contributed by atoms with Gasteiger partial charge in [0, 0.05) is 47.5 Å². The van der Waals surface area contributed by atoms with E-state index in [1.54, 1.807) is 13.4 Å². The van der Waals surface area contributed by atoms with E-state index in [4.69, 9.17) is 9.47 Å². The summed E-state index contributed by atoms with van der Waals surface area (Å²) in [5, 5.41) is 2.89. The van der Waals surface area contributed by atoms with Crippen LogP contribution in [0.25, 0.3) is 0 Å². The molecule has 0 aromatic carbocycles. The van der Waals surface area contributed by atoms with E-state index in [1.807, 2.05) is 25.1 Å². The first-order valence-corrected chi connectivity index (χ1v) is 7.59. The van der Waals surface area contributed by atoms with Gasteiger partial charge in [-0.3, -0.25) is 4.79 Å². The van der Waals surface area contributed by atoms with E-state index in [2.05, 4.69) is 20.2 Å². The van der Waals surface area contributed by atoms with E-state index >= 15 is 0 Å². The third-order valence-corrected chi connectivity index (χ3v) is 3.91. The first kappa shape index (κ1) is 17.4. The molecule has 2 atom stereocenters. The zero-order valence-corrected chi connectivity index (χ0v) is 14.2. The average Bonchev–Trinajstić information content (AvgIpc) is 2.96. The summed E-state index contributed by atoms with van der Waals surface area (Å²) >= 11 is 0. The number of rotatable bonds is 7. The van der Waals surface area contributed by atoms with Gasteiger partial charge in [0.25, 0.3) is 0 Å². The highest BCUT2D eigenvalue weighted by Gasteiger charge is 2.33. The molecule has 8 nitrogen and oxygen atoms in total. The Labute approximate surface area is 136 Å². The maximum atomic E-state index is 11.6. The highest BCUT2D eigenvalue weighted by Crippen LogP contribution is 2.26. The molecule has 0 bridgehead atoms.